The van der Waals surface area contributed by atoms with Gasteiger partial charge in [0.25, 0.3) is 0 Å². The minimum atomic E-state index is 0.0565. The van der Waals surface area contributed by atoms with E-state index in [1.54, 1.807) is 11.8 Å². The lowest BCUT2D eigenvalue weighted by Crippen LogP contribution is -2.47. The number of thioether (sulfide) groups is 1. The van der Waals surface area contributed by atoms with Gasteiger partial charge in [-0.05, 0) is 31.7 Å². The summed E-state index contributed by atoms with van der Waals surface area (Å²) in [6.07, 6.45) is 0. The number of amides is 1. The van der Waals surface area contributed by atoms with E-state index in [1.165, 1.54) is 0 Å². The SMILES string of the molecule is CC(N)c1ccc(SCC(=O)N2CCN(C)CC2)cc1. The number of nitrogens with two attached hydrogens (primary N) is 1. The second-order valence-electron chi connectivity index (χ2n) is 5.33. The Kier molecular flexibility index (Phi) is 5.46. The van der Waals surface area contributed by atoms with Crippen molar-refractivity contribution in [2.24, 2.45) is 5.73 Å². The Morgan fingerprint density at radius 2 is 1.85 bits per heavy atom. The summed E-state index contributed by atoms with van der Waals surface area (Å²) in [5.74, 6) is 0.751. The largest absolute Gasteiger partial charge is 0.339 e. The fraction of sp³-hybridized carbons (Fsp3) is 0.533. The molecule has 1 saturated heterocycles. The molecule has 1 atom stereocenters. The zero-order valence-corrected chi connectivity index (χ0v) is 13.0. The van der Waals surface area contributed by atoms with Crippen LogP contribution in [0.2, 0.25) is 0 Å². The van der Waals surface area contributed by atoms with Crippen molar-refractivity contribution in [3.63, 3.8) is 0 Å². The van der Waals surface area contributed by atoms with Gasteiger partial charge in [0.15, 0.2) is 0 Å². The van der Waals surface area contributed by atoms with E-state index < -0.39 is 0 Å². The van der Waals surface area contributed by atoms with Crippen molar-refractivity contribution in [2.75, 3.05) is 39.0 Å². The standard InChI is InChI=1S/C15H23N3OS/c1-12(16)13-3-5-14(6-4-13)20-11-15(19)18-9-7-17(2)8-10-18/h3-6,12H,7-11,16H2,1-2H3. The number of carbonyl (C=O) groups excluding carboxylic acids is 1. The number of benzene rings is 1. The maximum Gasteiger partial charge on any atom is 0.233 e. The fourth-order valence-electron chi connectivity index (χ4n) is 2.16. The first-order valence-corrected chi connectivity index (χ1v) is 7.99. The van der Waals surface area contributed by atoms with Gasteiger partial charge in [-0.25, -0.2) is 0 Å². The summed E-state index contributed by atoms with van der Waals surface area (Å²) in [6, 6.07) is 8.21. The molecule has 20 heavy (non-hydrogen) atoms. The number of piperazine rings is 1. The molecule has 0 bridgehead atoms. The van der Waals surface area contributed by atoms with Gasteiger partial charge in [-0.2, -0.15) is 0 Å². The van der Waals surface area contributed by atoms with Crippen LogP contribution < -0.4 is 5.73 Å². The smallest absolute Gasteiger partial charge is 0.233 e. The molecule has 2 N–H and O–H groups in total. The molecule has 0 spiro atoms. The van der Waals surface area contributed by atoms with Crippen LogP contribution in [0.15, 0.2) is 29.2 Å². The highest BCUT2D eigenvalue weighted by atomic mass is 32.2. The molecule has 0 aromatic heterocycles. The quantitative estimate of drug-likeness (QED) is 0.856. The van der Waals surface area contributed by atoms with Crippen molar-refractivity contribution in [1.82, 2.24) is 9.80 Å². The molecule has 1 heterocycles. The lowest BCUT2D eigenvalue weighted by Gasteiger charge is -2.32. The van der Waals surface area contributed by atoms with Gasteiger partial charge in [-0.1, -0.05) is 12.1 Å². The summed E-state index contributed by atoms with van der Waals surface area (Å²) in [6.45, 7) is 5.61. The highest BCUT2D eigenvalue weighted by molar-refractivity contribution is 8.00. The maximum atomic E-state index is 12.1. The van der Waals surface area contributed by atoms with Gasteiger partial charge in [-0.3, -0.25) is 4.79 Å². The second kappa shape index (κ2) is 7.11. The Labute approximate surface area is 125 Å². The minimum Gasteiger partial charge on any atom is -0.339 e. The van der Waals surface area contributed by atoms with Crippen LogP contribution in [-0.4, -0.2) is 54.7 Å². The minimum absolute atomic E-state index is 0.0565. The number of hydrogen-bond acceptors (Lipinski definition) is 4. The van der Waals surface area contributed by atoms with Crippen molar-refractivity contribution in [3.05, 3.63) is 29.8 Å². The molecular formula is C15H23N3OS. The van der Waals surface area contributed by atoms with Crippen LogP contribution in [0, 0.1) is 0 Å². The molecule has 1 aliphatic rings. The molecule has 1 aliphatic heterocycles. The highest BCUT2D eigenvalue weighted by Crippen LogP contribution is 2.21. The van der Waals surface area contributed by atoms with E-state index in [0.717, 1.165) is 36.6 Å². The van der Waals surface area contributed by atoms with E-state index in [4.69, 9.17) is 5.73 Å². The predicted molar refractivity (Wildman–Crippen MR) is 83.8 cm³/mol. The molecule has 1 fully saturated rings. The van der Waals surface area contributed by atoms with E-state index in [0.29, 0.717) is 5.75 Å². The van der Waals surface area contributed by atoms with Crippen molar-refractivity contribution in [2.45, 2.75) is 17.9 Å². The molecule has 110 valence electrons. The third kappa shape index (κ3) is 4.23. The van der Waals surface area contributed by atoms with Crippen LogP contribution in [0.1, 0.15) is 18.5 Å². The zero-order chi connectivity index (χ0) is 14.5. The van der Waals surface area contributed by atoms with Gasteiger partial charge in [0.1, 0.15) is 0 Å². The summed E-state index contributed by atoms with van der Waals surface area (Å²) in [5.41, 5.74) is 6.95. The van der Waals surface area contributed by atoms with E-state index in [-0.39, 0.29) is 11.9 Å². The van der Waals surface area contributed by atoms with Crippen molar-refractivity contribution >= 4 is 17.7 Å². The molecule has 0 radical (unpaired) electrons. The van der Waals surface area contributed by atoms with Crippen LogP contribution in [0.4, 0.5) is 0 Å². The number of hydrogen-bond donors (Lipinski definition) is 1. The fourth-order valence-corrected chi connectivity index (χ4v) is 2.96. The summed E-state index contributed by atoms with van der Waals surface area (Å²) in [5, 5.41) is 0. The lowest BCUT2D eigenvalue weighted by molar-refractivity contribution is -0.129. The van der Waals surface area contributed by atoms with E-state index in [9.17, 15) is 4.79 Å². The molecule has 0 aliphatic carbocycles. The van der Waals surface area contributed by atoms with Gasteiger partial charge in [-0.15, -0.1) is 11.8 Å². The predicted octanol–water partition coefficient (Wildman–Crippen LogP) is 1.57. The average molecular weight is 293 g/mol. The topological polar surface area (TPSA) is 49.6 Å². The normalized spacial score (nSPS) is 18.1. The number of likely N-dealkylation sites (N-methyl/N-ethyl adjacent to an activating group) is 1. The molecule has 1 unspecified atom stereocenters. The Bertz CT molecular complexity index is 439. The molecule has 2 rings (SSSR count). The maximum absolute atomic E-state index is 12.1. The summed E-state index contributed by atoms with van der Waals surface area (Å²) >= 11 is 1.60. The molecule has 1 aromatic carbocycles. The number of carbonyl (C=O) groups is 1. The third-order valence-electron chi connectivity index (χ3n) is 3.62. The Balaban J connectivity index is 1.81. The molecular weight excluding hydrogens is 270 g/mol. The van der Waals surface area contributed by atoms with Crippen LogP contribution in [-0.2, 0) is 4.79 Å². The molecule has 1 amide bonds. The highest BCUT2D eigenvalue weighted by Gasteiger charge is 2.18. The Morgan fingerprint density at radius 1 is 1.25 bits per heavy atom. The summed E-state index contributed by atoms with van der Waals surface area (Å²) in [7, 11) is 2.09. The van der Waals surface area contributed by atoms with Gasteiger partial charge in [0.05, 0.1) is 5.75 Å². The second-order valence-corrected chi connectivity index (χ2v) is 6.38. The molecule has 4 nitrogen and oxygen atoms in total. The van der Waals surface area contributed by atoms with E-state index in [2.05, 4.69) is 11.9 Å². The van der Waals surface area contributed by atoms with E-state index >= 15 is 0 Å². The van der Waals surface area contributed by atoms with Crippen LogP contribution in [0.25, 0.3) is 0 Å². The van der Waals surface area contributed by atoms with Crippen molar-refractivity contribution < 1.29 is 4.79 Å². The monoisotopic (exact) mass is 293 g/mol. The van der Waals surface area contributed by atoms with Gasteiger partial charge in [0.2, 0.25) is 5.91 Å². The number of rotatable bonds is 4. The zero-order valence-electron chi connectivity index (χ0n) is 12.2. The first kappa shape index (κ1) is 15.4. The van der Waals surface area contributed by atoms with Crippen molar-refractivity contribution in [1.29, 1.82) is 0 Å². The summed E-state index contributed by atoms with van der Waals surface area (Å²) < 4.78 is 0. The molecule has 5 heteroatoms. The van der Waals surface area contributed by atoms with E-state index in [1.807, 2.05) is 36.1 Å². The van der Waals surface area contributed by atoms with Gasteiger partial charge >= 0.3 is 0 Å². The van der Waals surface area contributed by atoms with Crippen molar-refractivity contribution in [3.8, 4) is 0 Å². The van der Waals surface area contributed by atoms with Crippen LogP contribution in [0.3, 0.4) is 0 Å². The molecule has 1 aromatic rings. The van der Waals surface area contributed by atoms with Crippen LogP contribution >= 0.6 is 11.8 Å². The van der Waals surface area contributed by atoms with Gasteiger partial charge < -0.3 is 15.5 Å². The van der Waals surface area contributed by atoms with Gasteiger partial charge in [0, 0.05) is 37.1 Å². The Morgan fingerprint density at radius 3 is 2.40 bits per heavy atom. The lowest BCUT2D eigenvalue weighted by atomic mass is 10.1. The first-order chi connectivity index (χ1) is 9.56. The first-order valence-electron chi connectivity index (χ1n) is 7.01. The van der Waals surface area contributed by atoms with Crippen LogP contribution in [0.5, 0.6) is 0 Å². The number of nitrogens with zero attached hydrogens (tertiary/aromatic N) is 2. The Hall–Kier alpha value is -1.04. The average Bonchev–Trinajstić information content (AvgIpc) is 2.46. The summed E-state index contributed by atoms with van der Waals surface area (Å²) in [4.78, 5) is 17.5. The molecule has 0 saturated carbocycles. The third-order valence-corrected chi connectivity index (χ3v) is 4.62.